The highest BCUT2D eigenvalue weighted by atomic mass is 35.5. The van der Waals surface area contributed by atoms with E-state index in [9.17, 15) is 0 Å². The summed E-state index contributed by atoms with van der Waals surface area (Å²) in [5, 5.41) is 1.75. The van der Waals surface area contributed by atoms with Gasteiger partial charge in [0.05, 0.1) is 10.5 Å². The maximum atomic E-state index is 6.13. The van der Waals surface area contributed by atoms with E-state index in [1.165, 1.54) is 5.56 Å². The van der Waals surface area contributed by atoms with Gasteiger partial charge in [-0.3, -0.25) is 0 Å². The maximum Gasteiger partial charge on any atom is 0.0506 e. The van der Waals surface area contributed by atoms with E-state index in [0.717, 1.165) is 22.5 Å². The molecule has 1 heterocycles. The highest BCUT2D eigenvalue weighted by Gasteiger charge is 2.04. The van der Waals surface area contributed by atoms with E-state index < -0.39 is 0 Å². The Morgan fingerprint density at radius 3 is 2.65 bits per heavy atom. The lowest BCUT2D eigenvalue weighted by Crippen LogP contribution is -1.97. The number of rotatable bonds is 2. The van der Waals surface area contributed by atoms with Crippen molar-refractivity contribution in [3.05, 3.63) is 71.4 Å². The summed E-state index contributed by atoms with van der Waals surface area (Å²) >= 11 is 6.13. The Morgan fingerprint density at radius 1 is 1.00 bits per heavy atom. The van der Waals surface area contributed by atoms with Gasteiger partial charge in [0.15, 0.2) is 0 Å². The number of hydrogen-bond acceptors (Lipinski definition) is 0. The molecule has 0 fully saturated rings. The predicted molar refractivity (Wildman–Crippen MR) is 71.3 cm³/mol. The van der Waals surface area contributed by atoms with Gasteiger partial charge in [0.2, 0.25) is 0 Å². The van der Waals surface area contributed by atoms with Gasteiger partial charge in [-0.1, -0.05) is 48.0 Å². The van der Waals surface area contributed by atoms with Crippen LogP contribution in [0.15, 0.2) is 54.7 Å². The van der Waals surface area contributed by atoms with Crippen LogP contribution >= 0.6 is 11.6 Å². The zero-order valence-corrected chi connectivity index (χ0v) is 9.98. The van der Waals surface area contributed by atoms with Crippen LogP contribution in [-0.2, 0) is 6.54 Å². The zero-order chi connectivity index (χ0) is 11.7. The molecule has 0 saturated heterocycles. The minimum Gasteiger partial charge on any atom is -0.342 e. The molecule has 0 N–H and O–H groups in total. The number of halogens is 1. The highest BCUT2D eigenvalue weighted by Crippen LogP contribution is 2.24. The average Bonchev–Trinajstić information content (AvgIpc) is 2.76. The molecule has 0 aliphatic heterocycles. The van der Waals surface area contributed by atoms with Crippen LogP contribution in [0.2, 0.25) is 5.02 Å². The van der Waals surface area contributed by atoms with Crippen molar-refractivity contribution in [3.63, 3.8) is 0 Å². The second-order valence-electron chi connectivity index (χ2n) is 4.02. The summed E-state index contributed by atoms with van der Waals surface area (Å²) in [7, 11) is 0. The molecule has 1 aromatic heterocycles. The summed E-state index contributed by atoms with van der Waals surface area (Å²) < 4.78 is 2.16. The second-order valence-corrected chi connectivity index (χ2v) is 4.43. The van der Waals surface area contributed by atoms with Gasteiger partial charge in [-0.25, -0.2) is 0 Å². The van der Waals surface area contributed by atoms with E-state index in [0.29, 0.717) is 0 Å². The maximum absolute atomic E-state index is 6.13. The summed E-state index contributed by atoms with van der Waals surface area (Å²) in [5.41, 5.74) is 2.40. The molecular formula is C15H11ClN. The minimum absolute atomic E-state index is 0.759. The van der Waals surface area contributed by atoms with Crippen LogP contribution in [0.4, 0.5) is 0 Å². The van der Waals surface area contributed by atoms with Gasteiger partial charge in [-0.05, 0) is 17.7 Å². The Morgan fingerprint density at radius 2 is 1.82 bits per heavy atom. The van der Waals surface area contributed by atoms with Crippen LogP contribution in [0, 0.1) is 6.07 Å². The van der Waals surface area contributed by atoms with E-state index in [2.05, 4.69) is 41.0 Å². The summed E-state index contributed by atoms with van der Waals surface area (Å²) in [6.45, 7) is 0.848. The molecule has 0 bridgehead atoms. The van der Waals surface area contributed by atoms with Gasteiger partial charge >= 0.3 is 0 Å². The summed E-state index contributed by atoms with van der Waals surface area (Å²) in [4.78, 5) is 0. The lowest BCUT2D eigenvalue weighted by Gasteiger charge is -2.05. The van der Waals surface area contributed by atoms with Crippen molar-refractivity contribution in [2.45, 2.75) is 6.54 Å². The first-order valence-electron chi connectivity index (χ1n) is 5.53. The third kappa shape index (κ3) is 1.94. The Hall–Kier alpha value is -1.73. The molecule has 0 unspecified atom stereocenters. The largest absolute Gasteiger partial charge is 0.342 e. The average molecular weight is 241 g/mol. The first-order chi connectivity index (χ1) is 8.34. The fourth-order valence-electron chi connectivity index (χ4n) is 2.02. The Bertz CT molecular complexity index is 640. The number of fused-ring (bicyclic) bond motifs is 1. The molecule has 3 aromatic rings. The topological polar surface area (TPSA) is 4.93 Å². The van der Waals surface area contributed by atoms with E-state index in [-0.39, 0.29) is 0 Å². The van der Waals surface area contributed by atoms with Crippen LogP contribution in [0.3, 0.4) is 0 Å². The number of nitrogens with zero attached hydrogens (tertiary/aromatic N) is 1. The summed E-state index contributed by atoms with van der Waals surface area (Å²) in [6.07, 6.45) is 1.96. The molecule has 0 saturated carbocycles. The van der Waals surface area contributed by atoms with Gasteiger partial charge in [-0.15, -0.1) is 0 Å². The van der Waals surface area contributed by atoms with Crippen molar-refractivity contribution in [2.75, 3.05) is 0 Å². The van der Waals surface area contributed by atoms with Crippen molar-refractivity contribution in [2.24, 2.45) is 0 Å². The first kappa shape index (κ1) is 10.4. The molecule has 1 nitrogen and oxygen atoms in total. The summed E-state index contributed by atoms with van der Waals surface area (Å²) in [5.74, 6) is 0. The molecule has 2 aromatic carbocycles. The van der Waals surface area contributed by atoms with E-state index >= 15 is 0 Å². The van der Waals surface area contributed by atoms with Crippen molar-refractivity contribution in [1.82, 2.24) is 4.57 Å². The molecule has 1 radical (unpaired) electrons. The highest BCUT2D eigenvalue weighted by molar-refractivity contribution is 6.35. The molecule has 17 heavy (non-hydrogen) atoms. The molecular weight excluding hydrogens is 230 g/mol. The van der Waals surface area contributed by atoms with Crippen LogP contribution < -0.4 is 0 Å². The van der Waals surface area contributed by atoms with Crippen LogP contribution in [0.1, 0.15) is 5.56 Å². The quantitative estimate of drug-likeness (QED) is 0.634. The Labute approximate surface area is 105 Å². The van der Waals surface area contributed by atoms with Gasteiger partial charge in [0.1, 0.15) is 0 Å². The first-order valence-corrected chi connectivity index (χ1v) is 5.91. The normalized spacial score (nSPS) is 10.9. The number of hydrogen-bond donors (Lipinski definition) is 0. The number of benzene rings is 2. The fraction of sp³-hybridized carbons (Fsp3) is 0.0667. The third-order valence-corrected chi connectivity index (χ3v) is 3.18. The minimum atomic E-state index is 0.759. The Balaban J connectivity index is 2.05. The molecule has 2 heteroatoms. The third-order valence-electron chi connectivity index (χ3n) is 2.86. The van der Waals surface area contributed by atoms with Crippen LogP contribution in [0.25, 0.3) is 10.9 Å². The van der Waals surface area contributed by atoms with Crippen molar-refractivity contribution >= 4 is 22.5 Å². The van der Waals surface area contributed by atoms with Crippen molar-refractivity contribution in [1.29, 1.82) is 0 Å². The lowest BCUT2D eigenvalue weighted by molar-refractivity contribution is 0.836. The standard InChI is InChI=1S/C15H11ClN/c16-14-7-4-8-15-13(14)9-10-17(15)11-12-5-2-1-3-6-12/h1-8,10H,11H2. The van der Waals surface area contributed by atoms with E-state index in [1.807, 2.05) is 24.4 Å². The van der Waals surface area contributed by atoms with E-state index in [1.54, 1.807) is 0 Å². The van der Waals surface area contributed by atoms with Crippen LogP contribution in [0.5, 0.6) is 0 Å². The molecule has 0 aliphatic carbocycles. The van der Waals surface area contributed by atoms with E-state index in [4.69, 9.17) is 11.6 Å². The molecule has 0 amide bonds. The Kier molecular flexibility index (Phi) is 2.62. The lowest BCUT2D eigenvalue weighted by atomic mass is 10.2. The smallest absolute Gasteiger partial charge is 0.0506 e. The monoisotopic (exact) mass is 240 g/mol. The van der Waals surface area contributed by atoms with Gasteiger partial charge in [-0.2, -0.15) is 0 Å². The second kappa shape index (κ2) is 4.27. The SMILES string of the molecule is Clc1cccc2c1[c]cn2Cc1ccccc1. The van der Waals surface area contributed by atoms with Crippen molar-refractivity contribution in [3.8, 4) is 0 Å². The predicted octanol–water partition coefficient (Wildman–Crippen LogP) is 4.14. The molecule has 83 valence electrons. The van der Waals surface area contributed by atoms with Gasteiger partial charge in [0, 0.05) is 24.2 Å². The summed E-state index contributed by atoms with van der Waals surface area (Å²) in [6, 6.07) is 19.5. The zero-order valence-electron chi connectivity index (χ0n) is 9.23. The van der Waals surface area contributed by atoms with Crippen molar-refractivity contribution < 1.29 is 0 Å². The molecule has 0 aliphatic rings. The van der Waals surface area contributed by atoms with Gasteiger partial charge in [0.25, 0.3) is 0 Å². The molecule has 3 rings (SSSR count). The molecule has 0 spiro atoms. The van der Waals surface area contributed by atoms with Gasteiger partial charge < -0.3 is 4.57 Å². The fourth-order valence-corrected chi connectivity index (χ4v) is 2.24. The molecule has 0 atom stereocenters. The number of aromatic nitrogens is 1. The van der Waals surface area contributed by atoms with Crippen LogP contribution in [-0.4, -0.2) is 4.57 Å².